The summed E-state index contributed by atoms with van der Waals surface area (Å²) in [7, 11) is 2.00. The van der Waals surface area contributed by atoms with Gasteiger partial charge in [0.25, 0.3) is 0 Å². The summed E-state index contributed by atoms with van der Waals surface area (Å²) in [6.07, 6.45) is 0.170. The number of rotatable bonds is 1. The van der Waals surface area contributed by atoms with Gasteiger partial charge in [-0.25, -0.2) is 4.39 Å². The molecular weight excluding hydrogens is 141 g/mol. The molecule has 1 heterocycles. The zero-order valence-corrected chi connectivity index (χ0v) is 7.68. The Morgan fingerprint density at radius 1 is 1.36 bits per heavy atom. The Kier molecular flexibility index (Phi) is 2.88. The molecular formula is C9H18FN. The third-order valence-electron chi connectivity index (χ3n) is 2.56. The Bertz CT molecular complexity index is 115. The van der Waals surface area contributed by atoms with Crippen LogP contribution in [0.15, 0.2) is 0 Å². The van der Waals surface area contributed by atoms with Crippen molar-refractivity contribution in [2.75, 3.05) is 20.1 Å². The molecule has 1 rings (SSSR count). The van der Waals surface area contributed by atoms with E-state index in [1.807, 2.05) is 7.05 Å². The second kappa shape index (κ2) is 3.53. The van der Waals surface area contributed by atoms with Gasteiger partial charge in [-0.1, -0.05) is 13.8 Å². The zero-order chi connectivity index (χ0) is 8.43. The van der Waals surface area contributed by atoms with Crippen molar-refractivity contribution >= 4 is 0 Å². The SMILES string of the molecule is CC(C)C1CC(F)CN(C)C1. The summed E-state index contributed by atoms with van der Waals surface area (Å²) in [5, 5.41) is 0. The van der Waals surface area contributed by atoms with Crippen molar-refractivity contribution in [2.24, 2.45) is 11.8 Å². The number of likely N-dealkylation sites (tertiary alicyclic amines) is 1. The largest absolute Gasteiger partial charge is 0.303 e. The van der Waals surface area contributed by atoms with Crippen molar-refractivity contribution in [3.05, 3.63) is 0 Å². The molecule has 0 amide bonds. The van der Waals surface area contributed by atoms with Crippen molar-refractivity contribution in [3.8, 4) is 0 Å². The average molecular weight is 159 g/mol. The molecule has 0 saturated carbocycles. The van der Waals surface area contributed by atoms with E-state index < -0.39 is 6.17 Å². The molecule has 11 heavy (non-hydrogen) atoms. The summed E-state index contributed by atoms with van der Waals surface area (Å²) in [5.74, 6) is 1.18. The Morgan fingerprint density at radius 3 is 2.45 bits per heavy atom. The van der Waals surface area contributed by atoms with Crippen LogP contribution >= 0.6 is 0 Å². The molecule has 1 saturated heterocycles. The lowest BCUT2D eigenvalue weighted by Crippen LogP contribution is -2.40. The Morgan fingerprint density at radius 2 is 2.00 bits per heavy atom. The van der Waals surface area contributed by atoms with Crippen LogP contribution in [0.3, 0.4) is 0 Å². The first kappa shape index (κ1) is 8.98. The summed E-state index contributed by atoms with van der Waals surface area (Å²) < 4.78 is 13.0. The van der Waals surface area contributed by atoms with E-state index in [9.17, 15) is 4.39 Å². The van der Waals surface area contributed by atoms with Crippen molar-refractivity contribution in [1.29, 1.82) is 0 Å². The first-order valence-corrected chi connectivity index (χ1v) is 4.42. The van der Waals surface area contributed by atoms with E-state index in [1.54, 1.807) is 0 Å². The third kappa shape index (κ3) is 2.44. The van der Waals surface area contributed by atoms with Gasteiger partial charge in [0.2, 0.25) is 0 Å². The van der Waals surface area contributed by atoms with Crippen molar-refractivity contribution < 1.29 is 4.39 Å². The van der Waals surface area contributed by atoms with Crippen LogP contribution < -0.4 is 0 Å². The van der Waals surface area contributed by atoms with Crippen LogP contribution in [-0.2, 0) is 0 Å². The quantitative estimate of drug-likeness (QED) is 0.565. The van der Waals surface area contributed by atoms with Gasteiger partial charge in [-0.15, -0.1) is 0 Å². The Hall–Kier alpha value is -0.110. The highest BCUT2D eigenvalue weighted by atomic mass is 19.1. The van der Waals surface area contributed by atoms with Gasteiger partial charge in [0.15, 0.2) is 0 Å². The van der Waals surface area contributed by atoms with Gasteiger partial charge < -0.3 is 4.90 Å². The molecule has 0 bridgehead atoms. The minimum Gasteiger partial charge on any atom is -0.303 e. The van der Waals surface area contributed by atoms with E-state index in [-0.39, 0.29) is 0 Å². The van der Waals surface area contributed by atoms with Crippen molar-refractivity contribution in [2.45, 2.75) is 26.4 Å². The summed E-state index contributed by atoms with van der Waals surface area (Å²) in [4.78, 5) is 2.10. The van der Waals surface area contributed by atoms with Crippen molar-refractivity contribution in [3.63, 3.8) is 0 Å². The number of halogens is 1. The van der Waals surface area contributed by atoms with Crippen LogP contribution in [0.5, 0.6) is 0 Å². The molecule has 2 atom stereocenters. The maximum atomic E-state index is 13.0. The smallest absolute Gasteiger partial charge is 0.113 e. The summed E-state index contributed by atoms with van der Waals surface area (Å²) in [5.41, 5.74) is 0. The Labute approximate surface area is 68.6 Å². The molecule has 0 radical (unpaired) electrons. The number of alkyl halides is 1. The molecule has 1 fully saturated rings. The number of hydrogen-bond donors (Lipinski definition) is 0. The molecule has 0 aromatic rings. The molecule has 66 valence electrons. The monoisotopic (exact) mass is 159 g/mol. The van der Waals surface area contributed by atoms with Crippen LogP contribution in [0.25, 0.3) is 0 Å². The summed E-state index contributed by atoms with van der Waals surface area (Å²) in [6, 6.07) is 0. The number of nitrogens with zero attached hydrogens (tertiary/aromatic N) is 1. The fraction of sp³-hybridized carbons (Fsp3) is 1.00. The average Bonchev–Trinajstić information content (AvgIpc) is 1.85. The van der Waals surface area contributed by atoms with Gasteiger partial charge >= 0.3 is 0 Å². The zero-order valence-electron chi connectivity index (χ0n) is 7.68. The predicted molar refractivity (Wildman–Crippen MR) is 45.3 cm³/mol. The van der Waals surface area contributed by atoms with Gasteiger partial charge in [0.1, 0.15) is 6.17 Å². The normalized spacial score (nSPS) is 34.6. The topological polar surface area (TPSA) is 3.24 Å². The van der Waals surface area contributed by atoms with E-state index >= 15 is 0 Å². The molecule has 1 nitrogen and oxygen atoms in total. The second-order valence-electron chi connectivity index (χ2n) is 4.06. The fourth-order valence-electron chi connectivity index (χ4n) is 1.77. The molecule has 1 aliphatic heterocycles. The number of piperidine rings is 1. The molecule has 0 aliphatic carbocycles. The highest BCUT2D eigenvalue weighted by molar-refractivity contribution is 4.78. The van der Waals surface area contributed by atoms with Crippen molar-refractivity contribution in [1.82, 2.24) is 4.90 Å². The van der Waals surface area contributed by atoms with Gasteiger partial charge in [-0.2, -0.15) is 0 Å². The lowest BCUT2D eigenvalue weighted by Gasteiger charge is -2.34. The van der Waals surface area contributed by atoms with Crippen LogP contribution in [0.4, 0.5) is 4.39 Å². The van der Waals surface area contributed by atoms with Gasteiger partial charge in [-0.05, 0) is 25.3 Å². The van der Waals surface area contributed by atoms with Crippen LogP contribution in [-0.4, -0.2) is 31.2 Å². The molecule has 1 aliphatic rings. The summed E-state index contributed by atoms with van der Waals surface area (Å²) in [6.45, 7) is 6.05. The lowest BCUT2D eigenvalue weighted by molar-refractivity contribution is 0.0948. The lowest BCUT2D eigenvalue weighted by atomic mass is 9.87. The molecule has 2 heteroatoms. The van der Waals surface area contributed by atoms with Gasteiger partial charge in [0.05, 0.1) is 0 Å². The predicted octanol–water partition coefficient (Wildman–Crippen LogP) is 1.93. The maximum Gasteiger partial charge on any atom is 0.113 e. The van der Waals surface area contributed by atoms with E-state index in [0.717, 1.165) is 13.0 Å². The highest BCUT2D eigenvalue weighted by Gasteiger charge is 2.26. The van der Waals surface area contributed by atoms with E-state index in [0.29, 0.717) is 18.4 Å². The van der Waals surface area contributed by atoms with Gasteiger partial charge in [0, 0.05) is 13.1 Å². The number of hydrogen-bond acceptors (Lipinski definition) is 1. The first-order valence-electron chi connectivity index (χ1n) is 4.42. The van der Waals surface area contributed by atoms with E-state index in [2.05, 4.69) is 18.7 Å². The molecule has 0 aromatic heterocycles. The fourth-order valence-corrected chi connectivity index (χ4v) is 1.77. The summed E-state index contributed by atoms with van der Waals surface area (Å²) >= 11 is 0. The molecule has 2 unspecified atom stereocenters. The van der Waals surface area contributed by atoms with E-state index in [1.165, 1.54) is 0 Å². The molecule has 0 spiro atoms. The second-order valence-corrected chi connectivity index (χ2v) is 4.06. The third-order valence-corrected chi connectivity index (χ3v) is 2.56. The highest BCUT2D eigenvalue weighted by Crippen LogP contribution is 2.24. The van der Waals surface area contributed by atoms with Crippen LogP contribution in [0, 0.1) is 11.8 Å². The standard InChI is InChI=1S/C9H18FN/c1-7(2)8-4-9(10)6-11(3)5-8/h7-9H,4-6H2,1-3H3. The maximum absolute atomic E-state index is 13.0. The minimum atomic E-state index is -0.596. The van der Waals surface area contributed by atoms with E-state index in [4.69, 9.17) is 0 Å². The molecule has 0 aromatic carbocycles. The Balaban J connectivity index is 2.43. The van der Waals surface area contributed by atoms with Crippen LogP contribution in [0.2, 0.25) is 0 Å². The first-order chi connectivity index (χ1) is 5.09. The molecule has 0 N–H and O–H groups in total. The minimum absolute atomic E-state index is 0.559. The van der Waals surface area contributed by atoms with Crippen LogP contribution in [0.1, 0.15) is 20.3 Å². The van der Waals surface area contributed by atoms with Gasteiger partial charge in [-0.3, -0.25) is 0 Å².